The molecule has 0 radical (unpaired) electrons. The average Bonchev–Trinajstić information content (AvgIpc) is 3.31. The van der Waals surface area contributed by atoms with E-state index in [0.717, 1.165) is 10.5 Å². The van der Waals surface area contributed by atoms with Crippen LogP contribution in [0, 0.1) is 17.8 Å². The zero-order valence-electron chi connectivity index (χ0n) is 41.7. The Morgan fingerprint density at radius 2 is 1.22 bits per heavy atom. The van der Waals surface area contributed by atoms with E-state index in [1.165, 1.54) is 37.7 Å². The molecule has 1 aliphatic rings. The number of nitrogens with one attached hydrogen (secondary N) is 1. The fraction of sp³-hybridized carbons (Fsp3) is 0.608. The molecule has 1 heterocycles. The van der Waals surface area contributed by atoms with E-state index >= 15 is 0 Å². The summed E-state index contributed by atoms with van der Waals surface area (Å²) in [5.41, 5.74) is 1.38. The highest BCUT2D eigenvalue weighted by Gasteiger charge is 2.43. The van der Waals surface area contributed by atoms with Gasteiger partial charge in [0.05, 0.1) is 0 Å². The topological polar surface area (TPSA) is 215 Å². The maximum Gasteiger partial charge on any atom is 0.344 e. The largest absolute Gasteiger partial charge is 0.479 e. The van der Waals surface area contributed by atoms with E-state index in [0.29, 0.717) is 31.2 Å². The number of aliphatic carboxylic acids is 1. The zero-order chi connectivity index (χ0) is 50.8. The van der Waals surface area contributed by atoms with Crippen LogP contribution in [0.1, 0.15) is 105 Å². The summed E-state index contributed by atoms with van der Waals surface area (Å²) in [6.45, 7) is 13.9. The van der Waals surface area contributed by atoms with Gasteiger partial charge in [-0.2, -0.15) is 0 Å². The summed E-state index contributed by atoms with van der Waals surface area (Å²) in [6, 6.07) is 13.6. The lowest BCUT2D eigenvalue weighted by atomic mass is 9.96. The average molecular weight is 951 g/mol. The quantitative estimate of drug-likeness (QED) is 0.0990. The summed E-state index contributed by atoms with van der Waals surface area (Å²) in [5.74, 6) is -7.19. The van der Waals surface area contributed by atoms with Crippen LogP contribution in [0.3, 0.4) is 0 Å². The first-order chi connectivity index (χ1) is 32.1. The van der Waals surface area contributed by atoms with Crippen LogP contribution in [0.25, 0.3) is 0 Å². The molecule has 0 aliphatic carbocycles. The van der Waals surface area contributed by atoms with E-state index in [9.17, 15) is 43.5 Å². The third kappa shape index (κ3) is 16.4. The number of carboxylic acids is 1. The molecule has 1 fully saturated rings. The molecule has 17 heteroatoms. The molecule has 1 saturated heterocycles. The van der Waals surface area contributed by atoms with Gasteiger partial charge in [-0.05, 0) is 81.9 Å². The molecular weight excluding hydrogens is 877 g/mol. The molecule has 2 N–H and O–H groups in total. The SMILES string of the molecule is CC[C@H](C)[C@@H](C(=O)O[C@H](C)C(=O)N(C)[C@@H](CC(C)C)C(=O)O[C@H](Cc1ccccc1)C(=O)N1CCCC[C@H]1C(=O)O[C@H](C)C(=O)O)N(C)C(=O)[C@@H](Cc1ccccc1)OC(=O)[C@H](CC(C)C)NC. The first-order valence-electron chi connectivity index (χ1n) is 23.7. The number of hydrogen-bond acceptors (Lipinski definition) is 13. The molecule has 376 valence electrons. The van der Waals surface area contributed by atoms with Crippen molar-refractivity contribution in [3.05, 3.63) is 71.8 Å². The second-order valence-electron chi connectivity index (χ2n) is 18.6. The number of benzene rings is 2. The summed E-state index contributed by atoms with van der Waals surface area (Å²) in [7, 11) is 4.45. The first kappa shape index (κ1) is 56.5. The number of hydrogen-bond donors (Lipinski definition) is 2. The lowest BCUT2D eigenvalue weighted by Gasteiger charge is -2.37. The highest BCUT2D eigenvalue weighted by molar-refractivity contribution is 5.93. The fourth-order valence-corrected chi connectivity index (χ4v) is 8.14. The standard InChI is InChI=1S/C51H74N4O13/c1-12-33(6)43(54(11)45(57)41(29-36-21-15-13-16-22-36)67-48(61)38(52-9)27-31(2)3)51(64)65-34(7)44(56)53(10)40(28-32(4)5)50(63)68-42(30-37-23-17-14-18-24-37)46(58)55-26-20-19-25-39(55)49(62)66-35(8)47(59)60/h13-18,21-24,31-35,38-43,52H,12,19-20,25-30H2,1-11H3,(H,59,60)/t33-,34+,35+,38-,39-,40-,41+,42+,43-/m0/s1. The van der Waals surface area contributed by atoms with E-state index in [4.69, 9.17) is 18.9 Å². The molecule has 9 atom stereocenters. The van der Waals surface area contributed by atoms with Crippen molar-refractivity contribution in [2.75, 3.05) is 27.7 Å². The second kappa shape index (κ2) is 27.2. The molecule has 0 saturated carbocycles. The van der Waals surface area contributed by atoms with Crippen LogP contribution in [0.5, 0.6) is 0 Å². The molecule has 0 unspecified atom stereocenters. The lowest BCUT2D eigenvalue weighted by Crippen LogP contribution is -2.55. The predicted molar refractivity (Wildman–Crippen MR) is 252 cm³/mol. The van der Waals surface area contributed by atoms with Crippen LogP contribution in [0.2, 0.25) is 0 Å². The Hall–Kier alpha value is -5.84. The highest BCUT2D eigenvalue weighted by atomic mass is 16.6. The molecule has 0 spiro atoms. The molecule has 1 aliphatic heterocycles. The third-order valence-corrected chi connectivity index (χ3v) is 12.2. The van der Waals surface area contributed by atoms with Crippen molar-refractivity contribution in [3.63, 3.8) is 0 Å². The number of likely N-dealkylation sites (N-methyl/N-ethyl adjacent to an activating group) is 3. The van der Waals surface area contributed by atoms with Crippen LogP contribution in [0.15, 0.2) is 60.7 Å². The van der Waals surface area contributed by atoms with Gasteiger partial charge < -0.3 is 44.1 Å². The minimum atomic E-state index is -1.45. The Kier molecular flexibility index (Phi) is 22.6. The number of carboxylic acid groups (broad SMARTS) is 1. The van der Waals surface area contributed by atoms with E-state index in [1.807, 2.05) is 40.7 Å². The van der Waals surface area contributed by atoms with Gasteiger partial charge in [0.15, 0.2) is 24.4 Å². The number of carbonyl (C=O) groups excluding carboxylic acids is 7. The number of carbonyl (C=O) groups is 8. The fourth-order valence-electron chi connectivity index (χ4n) is 8.14. The molecule has 3 rings (SSSR count). The van der Waals surface area contributed by atoms with Gasteiger partial charge >= 0.3 is 29.8 Å². The maximum absolute atomic E-state index is 14.4. The van der Waals surface area contributed by atoms with E-state index < -0.39 is 102 Å². The van der Waals surface area contributed by atoms with Gasteiger partial charge in [-0.25, -0.2) is 19.2 Å². The summed E-state index contributed by atoms with van der Waals surface area (Å²) in [5, 5.41) is 12.3. The van der Waals surface area contributed by atoms with Gasteiger partial charge in [-0.1, -0.05) is 109 Å². The van der Waals surface area contributed by atoms with Gasteiger partial charge in [0, 0.05) is 33.5 Å². The zero-order valence-corrected chi connectivity index (χ0v) is 41.7. The Bertz CT molecular complexity index is 2000. The number of likely N-dealkylation sites (tertiary alicyclic amines) is 1. The smallest absolute Gasteiger partial charge is 0.344 e. The predicted octanol–water partition coefficient (Wildman–Crippen LogP) is 5.00. The van der Waals surface area contributed by atoms with Crippen LogP contribution in [0.4, 0.5) is 0 Å². The van der Waals surface area contributed by atoms with Crippen molar-refractivity contribution < 1.29 is 62.4 Å². The molecule has 68 heavy (non-hydrogen) atoms. The van der Waals surface area contributed by atoms with Crippen molar-refractivity contribution in [1.82, 2.24) is 20.0 Å². The van der Waals surface area contributed by atoms with Crippen molar-refractivity contribution in [3.8, 4) is 0 Å². The minimum absolute atomic E-state index is 0.0399. The Morgan fingerprint density at radius 3 is 1.74 bits per heavy atom. The molecule has 2 aromatic carbocycles. The Morgan fingerprint density at radius 1 is 0.676 bits per heavy atom. The molecule has 3 amide bonds. The molecule has 0 aromatic heterocycles. The van der Waals surface area contributed by atoms with Gasteiger partial charge in [0.25, 0.3) is 17.7 Å². The van der Waals surface area contributed by atoms with Crippen molar-refractivity contribution >= 4 is 47.6 Å². The van der Waals surface area contributed by atoms with Crippen molar-refractivity contribution in [1.29, 1.82) is 0 Å². The molecule has 17 nitrogen and oxygen atoms in total. The Balaban J connectivity index is 1.89. The number of amides is 3. The van der Waals surface area contributed by atoms with E-state index in [-0.39, 0.29) is 44.1 Å². The second-order valence-corrected chi connectivity index (χ2v) is 18.6. The van der Waals surface area contributed by atoms with Crippen LogP contribution >= 0.6 is 0 Å². The lowest BCUT2D eigenvalue weighted by molar-refractivity contribution is -0.176. The summed E-state index contributed by atoms with van der Waals surface area (Å²) in [4.78, 5) is 113. The monoisotopic (exact) mass is 951 g/mol. The van der Waals surface area contributed by atoms with E-state index in [1.54, 1.807) is 68.6 Å². The highest BCUT2D eigenvalue weighted by Crippen LogP contribution is 2.25. The molecular formula is C51H74N4O13. The minimum Gasteiger partial charge on any atom is -0.479 e. The van der Waals surface area contributed by atoms with Gasteiger partial charge in [-0.15, -0.1) is 0 Å². The van der Waals surface area contributed by atoms with E-state index in [2.05, 4.69) is 5.32 Å². The van der Waals surface area contributed by atoms with Gasteiger partial charge in [0.2, 0.25) is 0 Å². The van der Waals surface area contributed by atoms with Gasteiger partial charge in [0.1, 0.15) is 24.2 Å². The number of rotatable bonds is 25. The van der Waals surface area contributed by atoms with Crippen LogP contribution in [-0.4, -0.2) is 144 Å². The summed E-state index contributed by atoms with van der Waals surface area (Å²) >= 11 is 0. The summed E-state index contributed by atoms with van der Waals surface area (Å²) in [6.07, 6.45) is -3.34. The number of ether oxygens (including phenoxy) is 4. The molecule has 0 bridgehead atoms. The van der Waals surface area contributed by atoms with Crippen LogP contribution < -0.4 is 5.32 Å². The first-order valence-corrected chi connectivity index (χ1v) is 23.7. The van der Waals surface area contributed by atoms with Crippen LogP contribution in [-0.2, 0) is 70.1 Å². The third-order valence-electron chi connectivity index (χ3n) is 12.2. The van der Waals surface area contributed by atoms with Crippen molar-refractivity contribution in [2.45, 2.75) is 155 Å². The maximum atomic E-state index is 14.4. The number of nitrogens with zero attached hydrogens (tertiary/aromatic N) is 3. The Labute approximate surface area is 401 Å². The number of esters is 4. The van der Waals surface area contributed by atoms with Gasteiger partial charge in [-0.3, -0.25) is 19.2 Å². The van der Waals surface area contributed by atoms with Crippen molar-refractivity contribution in [2.24, 2.45) is 17.8 Å². The molecule has 2 aromatic rings. The normalized spacial score (nSPS) is 17.3. The summed E-state index contributed by atoms with van der Waals surface area (Å²) < 4.78 is 22.9. The number of piperidine rings is 1.